The Morgan fingerprint density at radius 1 is 1.21 bits per heavy atom. The van der Waals surface area contributed by atoms with Gasteiger partial charge in [-0.15, -0.1) is 11.3 Å². The lowest BCUT2D eigenvalue weighted by Crippen LogP contribution is -2.41. The van der Waals surface area contributed by atoms with E-state index in [-0.39, 0.29) is 17.9 Å². The van der Waals surface area contributed by atoms with Crippen LogP contribution in [0.4, 0.5) is 0 Å². The van der Waals surface area contributed by atoms with E-state index in [1.54, 1.807) is 30.5 Å². The molecular formula is C21H25N3O3S. The van der Waals surface area contributed by atoms with Gasteiger partial charge in [-0.2, -0.15) is 0 Å². The first kappa shape index (κ1) is 20.2. The number of amides is 1. The second-order valence-corrected chi connectivity index (χ2v) is 8.64. The van der Waals surface area contributed by atoms with Gasteiger partial charge in [-0.25, -0.2) is 9.79 Å². The Bertz CT molecular complexity index is 964. The normalized spacial score (nSPS) is 20.1. The Morgan fingerprint density at radius 3 is 2.50 bits per heavy atom. The van der Waals surface area contributed by atoms with Crippen molar-refractivity contribution in [2.45, 2.75) is 53.2 Å². The maximum Gasteiger partial charge on any atom is 0.341 e. The fourth-order valence-corrected chi connectivity index (χ4v) is 3.79. The van der Waals surface area contributed by atoms with E-state index in [9.17, 15) is 9.59 Å². The van der Waals surface area contributed by atoms with Crippen molar-refractivity contribution in [1.82, 2.24) is 10.3 Å². The molecule has 0 aliphatic carbocycles. The molecule has 2 unspecified atom stereocenters. The molecule has 3 rings (SSSR count). The largest absolute Gasteiger partial charge is 0.453 e. The molecule has 3 heterocycles. The lowest BCUT2D eigenvalue weighted by atomic mass is 9.89. The van der Waals surface area contributed by atoms with Crippen LogP contribution in [0.3, 0.4) is 0 Å². The lowest BCUT2D eigenvalue weighted by Gasteiger charge is -2.21. The van der Waals surface area contributed by atoms with E-state index in [1.165, 1.54) is 0 Å². The number of hydrogen-bond acceptors (Lipinski definition) is 6. The van der Waals surface area contributed by atoms with Crippen molar-refractivity contribution in [1.29, 1.82) is 0 Å². The summed E-state index contributed by atoms with van der Waals surface area (Å²) < 4.78 is 5.68. The van der Waals surface area contributed by atoms with Gasteiger partial charge >= 0.3 is 5.97 Å². The summed E-state index contributed by atoms with van der Waals surface area (Å²) in [5.41, 5.74) is 1.71. The van der Waals surface area contributed by atoms with Gasteiger partial charge in [-0.1, -0.05) is 13.8 Å². The Kier molecular flexibility index (Phi) is 5.39. The summed E-state index contributed by atoms with van der Waals surface area (Å²) in [7, 11) is 0. The third-order valence-electron chi connectivity index (χ3n) is 5.06. The molecule has 0 fully saturated rings. The minimum atomic E-state index is -0.884. The van der Waals surface area contributed by atoms with Gasteiger partial charge in [0.15, 0.2) is 5.84 Å². The maximum absolute atomic E-state index is 12.9. The standard InChI is InChI=1S/C21H25N3O3S/c1-11(2)21(6)20(26)23-18(24-21)17-15(7-12(3)9-22-17)19(25)27-14(5)16-8-13(4)10-28-16/h7-11,14H,1-6H3,(H,23,24,26). The highest BCUT2D eigenvalue weighted by atomic mass is 32.1. The molecule has 1 aliphatic rings. The van der Waals surface area contributed by atoms with Crippen molar-refractivity contribution in [3.63, 3.8) is 0 Å². The van der Waals surface area contributed by atoms with E-state index in [0.717, 1.165) is 16.0 Å². The number of esters is 1. The quantitative estimate of drug-likeness (QED) is 0.772. The van der Waals surface area contributed by atoms with Crippen LogP contribution in [0.25, 0.3) is 0 Å². The number of ether oxygens (including phenoxy) is 1. The molecule has 0 aromatic carbocycles. The van der Waals surface area contributed by atoms with E-state index < -0.39 is 11.5 Å². The first-order chi connectivity index (χ1) is 13.1. The topological polar surface area (TPSA) is 80.7 Å². The molecule has 1 amide bonds. The molecule has 1 N–H and O–H groups in total. The zero-order valence-corrected chi connectivity index (χ0v) is 17.8. The fourth-order valence-electron chi connectivity index (χ4n) is 2.91. The first-order valence-electron chi connectivity index (χ1n) is 9.26. The number of carbonyl (C=O) groups excluding carboxylic acids is 2. The van der Waals surface area contributed by atoms with Crippen LogP contribution in [0.1, 0.15) is 65.9 Å². The summed E-state index contributed by atoms with van der Waals surface area (Å²) in [5.74, 6) is -0.359. The summed E-state index contributed by atoms with van der Waals surface area (Å²) in [5, 5.41) is 4.81. The smallest absolute Gasteiger partial charge is 0.341 e. The first-order valence-corrected chi connectivity index (χ1v) is 10.1. The van der Waals surface area contributed by atoms with Crippen LogP contribution < -0.4 is 5.32 Å². The van der Waals surface area contributed by atoms with Crippen LogP contribution in [0.5, 0.6) is 0 Å². The SMILES string of the molecule is Cc1csc(C(C)OC(=O)c2cc(C)cnc2C2=NC(C)(C(C)C)C(=O)N2)c1. The number of amidine groups is 1. The molecule has 2 aromatic rings. The maximum atomic E-state index is 12.9. The van der Waals surface area contributed by atoms with Crippen molar-refractivity contribution in [3.05, 3.63) is 51.0 Å². The number of carbonyl (C=O) groups is 2. The number of rotatable bonds is 5. The minimum Gasteiger partial charge on any atom is -0.453 e. The van der Waals surface area contributed by atoms with E-state index in [4.69, 9.17) is 4.74 Å². The molecule has 0 radical (unpaired) electrons. The third-order valence-corrected chi connectivity index (χ3v) is 6.28. The zero-order chi connectivity index (χ0) is 20.6. The monoisotopic (exact) mass is 399 g/mol. The summed E-state index contributed by atoms with van der Waals surface area (Å²) in [6.45, 7) is 11.4. The summed E-state index contributed by atoms with van der Waals surface area (Å²) in [6, 6.07) is 3.73. The van der Waals surface area contributed by atoms with Gasteiger partial charge in [-0.05, 0) is 62.3 Å². The Morgan fingerprint density at radius 2 is 1.93 bits per heavy atom. The van der Waals surface area contributed by atoms with Crippen molar-refractivity contribution in [3.8, 4) is 0 Å². The molecule has 148 valence electrons. The van der Waals surface area contributed by atoms with Crippen molar-refractivity contribution < 1.29 is 14.3 Å². The van der Waals surface area contributed by atoms with Gasteiger partial charge in [0.05, 0.1) is 5.56 Å². The number of thiophene rings is 1. The van der Waals surface area contributed by atoms with E-state index >= 15 is 0 Å². The molecule has 2 aromatic heterocycles. The summed E-state index contributed by atoms with van der Waals surface area (Å²) in [4.78, 5) is 35.3. The Labute approximate surface area is 169 Å². The number of aliphatic imine (C=N–C) groups is 1. The van der Waals surface area contributed by atoms with Crippen LogP contribution in [-0.4, -0.2) is 28.2 Å². The number of aromatic nitrogens is 1. The molecule has 6 nitrogen and oxygen atoms in total. The average Bonchev–Trinajstić information content (AvgIpc) is 3.19. The van der Waals surface area contributed by atoms with Crippen LogP contribution in [0.2, 0.25) is 0 Å². The van der Waals surface area contributed by atoms with Crippen LogP contribution in [0, 0.1) is 19.8 Å². The number of pyridine rings is 1. The zero-order valence-electron chi connectivity index (χ0n) is 17.0. The van der Waals surface area contributed by atoms with Crippen LogP contribution in [-0.2, 0) is 9.53 Å². The highest BCUT2D eigenvalue weighted by Crippen LogP contribution is 2.29. The van der Waals surface area contributed by atoms with Gasteiger partial charge in [0, 0.05) is 11.1 Å². The number of nitrogens with zero attached hydrogens (tertiary/aromatic N) is 2. The van der Waals surface area contributed by atoms with Crippen LogP contribution >= 0.6 is 11.3 Å². The number of aryl methyl sites for hydroxylation is 2. The molecule has 0 bridgehead atoms. The predicted octanol–water partition coefficient (Wildman–Crippen LogP) is 3.97. The number of hydrogen-bond donors (Lipinski definition) is 1. The third kappa shape index (κ3) is 3.71. The molecule has 0 saturated carbocycles. The predicted molar refractivity (Wildman–Crippen MR) is 110 cm³/mol. The Balaban J connectivity index is 1.93. The van der Waals surface area contributed by atoms with Crippen molar-refractivity contribution in [2.75, 3.05) is 0 Å². The summed E-state index contributed by atoms with van der Waals surface area (Å²) >= 11 is 1.56. The second-order valence-electron chi connectivity index (χ2n) is 7.70. The summed E-state index contributed by atoms with van der Waals surface area (Å²) in [6.07, 6.45) is 1.28. The fraction of sp³-hybridized carbons (Fsp3) is 0.429. The van der Waals surface area contributed by atoms with Crippen molar-refractivity contribution in [2.24, 2.45) is 10.9 Å². The van der Waals surface area contributed by atoms with Gasteiger partial charge < -0.3 is 10.1 Å². The highest BCUT2D eigenvalue weighted by Gasteiger charge is 2.43. The molecule has 28 heavy (non-hydrogen) atoms. The highest BCUT2D eigenvalue weighted by molar-refractivity contribution is 7.10. The lowest BCUT2D eigenvalue weighted by molar-refractivity contribution is -0.124. The molecule has 0 spiro atoms. The van der Waals surface area contributed by atoms with Crippen molar-refractivity contribution >= 4 is 29.0 Å². The van der Waals surface area contributed by atoms with E-state index in [2.05, 4.69) is 15.3 Å². The van der Waals surface area contributed by atoms with Crippen LogP contribution in [0.15, 0.2) is 28.7 Å². The molecular weight excluding hydrogens is 374 g/mol. The second kappa shape index (κ2) is 7.47. The van der Waals surface area contributed by atoms with Gasteiger partial charge in [0.1, 0.15) is 17.3 Å². The van der Waals surface area contributed by atoms with Gasteiger partial charge in [-0.3, -0.25) is 9.78 Å². The van der Waals surface area contributed by atoms with Gasteiger partial charge in [0.25, 0.3) is 5.91 Å². The van der Waals surface area contributed by atoms with Gasteiger partial charge in [0.2, 0.25) is 0 Å². The van der Waals surface area contributed by atoms with E-state index in [0.29, 0.717) is 17.1 Å². The average molecular weight is 400 g/mol. The molecule has 2 atom stereocenters. The molecule has 7 heteroatoms. The molecule has 0 saturated heterocycles. The number of nitrogens with one attached hydrogen (secondary N) is 1. The van der Waals surface area contributed by atoms with E-state index in [1.807, 2.05) is 46.1 Å². The molecule has 1 aliphatic heterocycles. The minimum absolute atomic E-state index is 0.00735. The Hall–Kier alpha value is -2.54.